The van der Waals surface area contributed by atoms with Gasteiger partial charge in [-0.15, -0.1) is 0 Å². The molecule has 0 aromatic heterocycles. The van der Waals surface area contributed by atoms with Gasteiger partial charge in [0, 0.05) is 5.57 Å². The molecular weight excluding hydrogens is 140 g/mol. The van der Waals surface area contributed by atoms with Crippen LogP contribution in [0.2, 0.25) is 0 Å². The number of allylic oxidation sites excluding steroid dienone is 4. The van der Waals surface area contributed by atoms with E-state index in [1.54, 1.807) is 6.20 Å². The topological polar surface area (TPSA) is 41.8 Å². The number of nitrogens with zero attached hydrogens (tertiary/aromatic N) is 2. The third-order valence-corrected chi connectivity index (χ3v) is 1.74. The van der Waals surface area contributed by atoms with Crippen LogP contribution in [-0.4, -0.2) is 6.29 Å². The molecule has 1 atom stereocenters. The van der Waals surface area contributed by atoms with Gasteiger partial charge in [0.25, 0.3) is 0 Å². The van der Waals surface area contributed by atoms with Gasteiger partial charge in [-0.05, 0) is 6.08 Å². The molecule has 11 heavy (non-hydrogen) atoms. The van der Waals surface area contributed by atoms with E-state index in [9.17, 15) is 4.79 Å². The number of aldehydes is 1. The van der Waals surface area contributed by atoms with E-state index >= 15 is 0 Å². The average Bonchev–Trinajstić information content (AvgIpc) is 2.50. The van der Waals surface area contributed by atoms with Crippen LogP contribution in [-0.2, 0) is 4.79 Å². The molecular formula is C8H6N2O. The highest BCUT2D eigenvalue weighted by atomic mass is 16.1. The van der Waals surface area contributed by atoms with Gasteiger partial charge in [0.2, 0.25) is 0 Å². The summed E-state index contributed by atoms with van der Waals surface area (Å²) in [5, 5.41) is 7.56. The van der Waals surface area contributed by atoms with Crippen molar-refractivity contribution in [3.05, 3.63) is 35.7 Å². The predicted octanol–water partition coefficient (Wildman–Crippen LogP) is 1.60. The summed E-state index contributed by atoms with van der Waals surface area (Å²) in [6.45, 7) is 0. The van der Waals surface area contributed by atoms with Crippen LogP contribution in [0.3, 0.4) is 0 Å². The first-order chi connectivity index (χ1) is 5.42. The molecule has 0 spiro atoms. The van der Waals surface area contributed by atoms with Gasteiger partial charge in [-0.3, -0.25) is 0 Å². The Morgan fingerprint density at radius 3 is 3.27 bits per heavy atom. The summed E-state index contributed by atoms with van der Waals surface area (Å²) in [5.41, 5.74) is 1.71. The Kier molecular flexibility index (Phi) is 1.28. The maximum absolute atomic E-state index is 10.5. The smallest absolute Gasteiger partial charge is 0.131 e. The van der Waals surface area contributed by atoms with Crippen LogP contribution in [0.25, 0.3) is 0 Å². The maximum Gasteiger partial charge on any atom is 0.131 e. The molecule has 1 aliphatic carbocycles. The Morgan fingerprint density at radius 2 is 2.45 bits per heavy atom. The summed E-state index contributed by atoms with van der Waals surface area (Å²) >= 11 is 0. The highest BCUT2D eigenvalue weighted by Gasteiger charge is 2.19. The summed E-state index contributed by atoms with van der Waals surface area (Å²) < 4.78 is 0. The fourth-order valence-corrected chi connectivity index (χ4v) is 1.15. The van der Waals surface area contributed by atoms with Crippen molar-refractivity contribution in [3.8, 4) is 0 Å². The summed E-state index contributed by atoms with van der Waals surface area (Å²) in [5.74, 6) is -0.148. The lowest BCUT2D eigenvalue weighted by Crippen LogP contribution is -2.04. The molecule has 0 N–H and O–H groups in total. The molecule has 0 saturated carbocycles. The maximum atomic E-state index is 10.5. The number of carbonyl (C=O) groups excluding carboxylic acids is 1. The number of hydrogen-bond acceptors (Lipinski definition) is 3. The van der Waals surface area contributed by atoms with Crippen LogP contribution in [0, 0.1) is 5.92 Å². The molecule has 0 amide bonds. The summed E-state index contributed by atoms with van der Waals surface area (Å²) in [4.78, 5) is 10.5. The zero-order chi connectivity index (χ0) is 7.68. The fraction of sp³-hybridized carbons (Fsp3) is 0.125. The first-order valence-corrected chi connectivity index (χ1v) is 3.37. The second kappa shape index (κ2) is 2.27. The standard InChI is InChI=1S/C8H6N2O/c11-5-6-2-1-3-8-7(6)4-9-10-8/h1-6H/t6-/m0/s1. The molecule has 0 radical (unpaired) electrons. The molecule has 1 heterocycles. The zero-order valence-corrected chi connectivity index (χ0v) is 5.77. The highest BCUT2D eigenvalue weighted by Crippen LogP contribution is 2.29. The predicted molar refractivity (Wildman–Crippen MR) is 39.7 cm³/mol. The van der Waals surface area contributed by atoms with Crippen LogP contribution >= 0.6 is 0 Å². The minimum Gasteiger partial charge on any atom is -0.302 e. The van der Waals surface area contributed by atoms with Crippen LogP contribution in [0.1, 0.15) is 0 Å². The SMILES string of the molecule is O=C[C@@H]1C=CC=C2N=NC=C21. The molecule has 3 nitrogen and oxygen atoms in total. The lowest BCUT2D eigenvalue weighted by molar-refractivity contribution is -0.109. The van der Waals surface area contributed by atoms with E-state index in [2.05, 4.69) is 10.2 Å². The molecule has 1 aliphatic heterocycles. The first-order valence-electron chi connectivity index (χ1n) is 3.37. The number of rotatable bonds is 1. The van der Waals surface area contributed by atoms with E-state index in [1.165, 1.54) is 0 Å². The lowest BCUT2D eigenvalue weighted by Gasteiger charge is -2.08. The van der Waals surface area contributed by atoms with E-state index in [4.69, 9.17) is 0 Å². The van der Waals surface area contributed by atoms with Crippen molar-refractivity contribution in [2.45, 2.75) is 0 Å². The Balaban J connectivity index is 2.41. The highest BCUT2D eigenvalue weighted by molar-refractivity contribution is 5.67. The van der Waals surface area contributed by atoms with E-state index in [-0.39, 0.29) is 5.92 Å². The van der Waals surface area contributed by atoms with Crippen molar-refractivity contribution in [2.75, 3.05) is 0 Å². The molecule has 0 unspecified atom stereocenters. The third-order valence-electron chi connectivity index (χ3n) is 1.74. The second-order valence-electron chi connectivity index (χ2n) is 2.40. The zero-order valence-electron chi connectivity index (χ0n) is 5.77. The van der Waals surface area contributed by atoms with Crippen molar-refractivity contribution in [3.63, 3.8) is 0 Å². The number of carbonyl (C=O) groups is 1. The van der Waals surface area contributed by atoms with Crippen molar-refractivity contribution >= 4 is 6.29 Å². The largest absolute Gasteiger partial charge is 0.302 e. The summed E-state index contributed by atoms with van der Waals surface area (Å²) in [7, 11) is 0. The molecule has 0 fully saturated rings. The van der Waals surface area contributed by atoms with E-state index in [0.29, 0.717) is 0 Å². The Morgan fingerprint density at radius 1 is 1.55 bits per heavy atom. The minimum atomic E-state index is -0.148. The molecule has 54 valence electrons. The van der Waals surface area contributed by atoms with Crippen LogP contribution < -0.4 is 0 Å². The molecule has 2 aliphatic rings. The molecule has 0 bridgehead atoms. The second-order valence-corrected chi connectivity index (χ2v) is 2.40. The average molecular weight is 146 g/mol. The van der Waals surface area contributed by atoms with Gasteiger partial charge >= 0.3 is 0 Å². The fourth-order valence-electron chi connectivity index (χ4n) is 1.15. The molecule has 0 aromatic carbocycles. The van der Waals surface area contributed by atoms with Crippen molar-refractivity contribution in [2.24, 2.45) is 16.1 Å². The van der Waals surface area contributed by atoms with Gasteiger partial charge in [-0.2, -0.15) is 10.2 Å². The molecule has 0 saturated heterocycles. The van der Waals surface area contributed by atoms with E-state index < -0.39 is 0 Å². The third kappa shape index (κ3) is 0.852. The van der Waals surface area contributed by atoms with Crippen molar-refractivity contribution in [1.29, 1.82) is 0 Å². The van der Waals surface area contributed by atoms with Gasteiger partial charge < -0.3 is 4.79 Å². The quantitative estimate of drug-likeness (QED) is 0.518. The van der Waals surface area contributed by atoms with Crippen LogP contribution in [0.4, 0.5) is 0 Å². The van der Waals surface area contributed by atoms with Crippen molar-refractivity contribution in [1.82, 2.24) is 0 Å². The Bertz CT molecular complexity index is 310. The van der Waals surface area contributed by atoms with Crippen molar-refractivity contribution < 1.29 is 4.79 Å². The first kappa shape index (κ1) is 6.22. The molecule has 3 heteroatoms. The van der Waals surface area contributed by atoms with Crippen LogP contribution in [0.5, 0.6) is 0 Å². The van der Waals surface area contributed by atoms with Gasteiger partial charge in [-0.25, -0.2) is 0 Å². The van der Waals surface area contributed by atoms with Gasteiger partial charge in [0.05, 0.1) is 17.8 Å². The monoisotopic (exact) mass is 146 g/mol. The van der Waals surface area contributed by atoms with Gasteiger partial charge in [0.15, 0.2) is 0 Å². The Hall–Kier alpha value is -1.51. The Labute approximate surface area is 63.8 Å². The number of azo groups is 1. The van der Waals surface area contributed by atoms with E-state index in [0.717, 1.165) is 17.6 Å². The number of fused-ring (bicyclic) bond motifs is 1. The van der Waals surface area contributed by atoms with E-state index in [1.807, 2.05) is 18.2 Å². The van der Waals surface area contributed by atoms with Gasteiger partial charge in [0.1, 0.15) is 6.29 Å². The van der Waals surface area contributed by atoms with Crippen LogP contribution in [0.15, 0.2) is 45.9 Å². The summed E-state index contributed by atoms with van der Waals surface area (Å²) in [6, 6.07) is 0. The normalized spacial score (nSPS) is 26.0. The number of hydrogen-bond donors (Lipinski definition) is 0. The molecule has 0 aromatic rings. The lowest BCUT2D eigenvalue weighted by atomic mass is 9.95. The van der Waals surface area contributed by atoms with Gasteiger partial charge in [-0.1, -0.05) is 12.2 Å². The minimum absolute atomic E-state index is 0.148. The summed E-state index contributed by atoms with van der Waals surface area (Å²) in [6.07, 6.45) is 8.04. The molecule has 2 rings (SSSR count).